The van der Waals surface area contributed by atoms with E-state index in [0.717, 1.165) is 12.0 Å². The highest BCUT2D eigenvalue weighted by atomic mass is 16.5. The van der Waals surface area contributed by atoms with Gasteiger partial charge in [0.05, 0.1) is 12.7 Å². The van der Waals surface area contributed by atoms with E-state index < -0.39 is 7.12 Å². The van der Waals surface area contributed by atoms with Crippen LogP contribution in [0.5, 0.6) is 0 Å². The molecule has 1 saturated carbocycles. The first-order valence-corrected chi connectivity index (χ1v) is 6.73. The second-order valence-corrected chi connectivity index (χ2v) is 5.23. The van der Waals surface area contributed by atoms with Crippen LogP contribution in [0.3, 0.4) is 0 Å². The number of ether oxygens (including phenoxy) is 1. The lowest BCUT2D eigenvalue weighted by Crippen LogP contribution is -2.29. The summed E-state index contributed by atoms with van der Waals surface area (Å²) in [7, 11) is -1.39. The molecule has 1 aliphatic rings. The summed E-state index contributed by atoms with van der Waals surface area (Å²) in [4.78, 5) is 0. The van der Waals surface area contributed by atoms with E-state index in [-0.39, 0.29) is 0 Å². The molecule has 0 radical (unpaired) electrons. The molecule has 18 heavy (non-hydrogen) atoms. The van der Waals surface area contributed by atoms with Gasteiger partial charge in [0.1, 0.15) is 0 Å². The van der Waals surface area contributed by atoms with Gasteiger partial charge in [0.15, 0.2) is 0 Å². The zero-order valence-corrected chi connectivity index (χ0v) is 10.9. The summed E-state index contributed by atoms with van der Waals surface area (Å²) in [6, 6.07) is 7.24. The maximum Gasteiger partial charge on any atom is 0.488 e. The smallest absolute Gasteiger partial charge is 0.423 e. The third-order valence-electron chi connectivity index (χ3n) is 3.77. The van der Waals surface area contributed by atoms with E-state index in [9.17, 15) is 0 Å². The molecule has 98 valence electrons. The fourth-order valence-electron chi connectivity index (χ4n) is 2.52. The summed E-state index contributed by atoms with van der Waals surface area (Å²) in [6.07, 6.45) is 5.39. The zero-order valence-electron chi connectivity index (χ0n) is 10.9. The van der Waals surface area contributed by atoms with Crippen molar-refractivity contribution in [2.75, 3.05) is 0 Å². The molecule has 0 aliphatic heterocycles. The minimum atomic E-state index is -1.39. The highest BCUT2D eigenvalue weighted by Crippen LogP contribution is 2.26. The van der Waals surface area contributed by atoms with Gasteiger partial charge in [0.2, 0.25) is 0 Å². The van der Waals surface area contributed by atoms with Crippen molar-refractivity contribution >= 4 is 12.6 Å². The minimum Gasteiger partial charge on any atom is -0.423 e. The maximum atomic E-state index is 9.01. The first-order chi connectivity index (χ1) is 8.66. The van der Waals surface area contributed by atoms with Crippen molar-refractivity contribution < 1.29 is 14.8 Å². The van der Waals surface area contributed by atoms with Crippen molar-refractivity contribution in [3.8, 4) is 0 Å². The van der Waals surface area contributed by atoms with Crippen LogP contribution in [0.15, 0.2) is 24.3 Å². The lowest BCUT2D eigenvalue weighted by Gasteiger charge is -2.28. The van der Waals surface area contributed by atoms with Crippen LogP contribution in [-0.4, -0.2) is 23.3 Å². The summed E-state index contributed by atoms with van der Waals surface area (Å²) in [6.45, 7) is 2.87. The van der Waals surface area contributed by atoms with Crippen molar-refractivity contribution in [1.29, 1.82) is 0 Å². The van der Waals surface area contributed by atoms with Crippen LogP contribution in [0.2, 0.25) is 0 Å². The average Bonchev–Trinajstić information content (AvgIpc) is 2.38. The molecule has 0 heterocycles. The van der Waals surface area contributed by atoms with Crippen molar-refractivity contribution in [3.05, 3.63) is 29.8 Å². The quantitative estimate of drug-likeness (QED) is 0.793. The van der Waals surface area contributed by atoms with Gasteiger partial charge in [-0.1, -0.05) is 44.0 Å². The maximum absolute atomic E-state index is 9.01. The monoisotopic (exact) mass is 248 g/mol. The minimum absolute atomic E-state index is 0.377. The Morgan fingerprint density at radius 2 is 1.83 bits per heavy atom. The Labute approximate surface area is 109 Å². The van der Waals surface area contributed by atoms with Crippen LogP contribution in [0.1, 0.15) is 38.2 Å². The average molecular weight is 248 g/mol. The highest BCUT2D eigenvalue weighted by Gasteiger charge is 2.21. The van der Waals surface area contributed by atoms with Crippen molar-refractivity contribution in [2.24, 2.45) is 5.92 Å². The third kappa shape index (κ3) is 3.58. The highest BCUT2D eigenvalue weighted by molar-refractivity contribution is 6.58. The Hall–Kier alpha value is -0.835. The van der Waals surface area contributed by atoms with Gasteiger partial charge in [-0.25, -0.2) is 0 Å². The van der Waals surface area contributed by atoms with Crippen LogP contribution >= 0.6 is 0 Å². The second-order valence-electron chi connectivity index (χ2n) is 5.23. The predicted molar refractivity (Wildman–Crippen MR) is 72.5 cm³/mol. The van der Waals surface area contributed by atoms with E-state index in [1.54, 1.807) is 12.1 Å². The molecule has 0 bridgehead atoms. The second kappa shape index (κ2) is 6.37. The van der Waals surface area contributed by atoms with E-state index >= 15 is 0 Å². The summed E-state index contributed by atoms with van der Waals surface area (Å²) in [5.74, 6) is 0.650. The molecule has 0 saturated heterocycles. The first kappa shape index (κ1) is 13.6. The number of hydrogen-bond donors (Lipinski definition) is 2. The molecule has 3 nitrogen and oxygen atoms in total. The Bertz CT molecular complexity index is 364. The molecule has 1 fully saturated rings. The summed E-state index contributed by atoms with van der Waals surface area (Å²) < 4.78 is 5.96. The molecule has 1 aromatic rings. The Balaban J connectivity index is 1.85. The molecule has 2 unspecified atom stereocenters. The predicted octanol–water partition coefficient (Wildman–Crippen LogP) is 1.46. The molecule has 1 aromatic carbocycles. The van der Waals surface area contributed by atoms with Gasteiger partial charge in [-0.2, -0.15) is 0 Å². The third-order valence-corrected chi connectivity index (χ3v) is 3.77. The van der Waals surface area contributed by atoms with E-state index in [0.29, 0.717) is 24.1 Å². The van der Waals surface area contributed by atoms with Gasteiger partial charge < -0.3 is 14.8 Å². The fraction of sp³-hybridized carbons (Fsp3) is 0.571. The van der Waals surface area contributed by atoms with Gasteiger partial charge in [-0.05, 0) is 29.8 Å². The van der Waals surface area contributed by atoms with Crippen LogP contribution in [-0.2, 0) is 11.3 Å². The van der Waals surface area contributed by atoms with Gasteiger partial charge >= 0.3 is 7.12 Å². The number of benzene rings is 1. The standard InChI is InChI=1S/C14H21BO3/c1-11-4-2-3-5-14(11)18-10-12-6-8-13(9-7-12)15(16)17/h6-9,11,14,16-17H,2-5,10H2,1H3. The van der Waals surface area contributed by atoms with Crippen LogP contribution in [0, 0.1) is 5.92 Å². The summed E-state index contributed by atoms with van der Waals surface area (Å²) in [5, 5.41) is 18.0. The van der Waals surface area contributed by atoms with Gasteiger partial charge in [0, 0.05) is 0 Å². The van der Waals surface area contributed by atoms with Crippen molar-refractivity contribution in [1.82, 2.24) is 0 Å². The zero-order chi connectivity index (χ0) is 13.0. The Morgan fingerprint density at radius 1 is 1.17 bits per heavy atom. The molecule has 2 N–H and O–H groups in total. The fourth-order valence-corrected chi connectivity index (χ4v) is 2.52. The molecular formula is C14H21BO3. The Morgan fingerprint density at radius 3 is 2.44 bits per heavy atom. The molecule has 4 heteroatoms. The van der Waals surface area contributed by atoms with Crippen LogP contribution < -0.4 is 5.46 Å². The summed E-state index contributed by atoms with van der Waals surface area (Å²) >= 11 is 0. The molecule has 0 amide bonds. The van der Waals surface area contributed by atoms with E-state index in [1.807, 2.05) is 12.1 Å². The first-order valence-electron chi connectivity index (χ1n) is 6.73. The molecular weight excluding hydrogens is 227 g/mol. The number of hydrogen-bond acceptors (Lipinski definition) is 3. The summed E-state index contributed by atoms with van der Waals surface area (Å²) in [5.41, 5.74) is 1.60. The lowest BCUT2D eigenvalue weighted by atomic mass is 9.80. The molecule has 0 spiro atoms. The SMILES string of the molecule is CC1CCCCC1OCc1ccc(B(O)O)cc1. The molecule has 0 aromatic heterocycles. The van der Waals surface area contributed by atoms with E-state index in [4.69, 9.17) is 14.8 Å². The van der Waals surface area contributed by atoms with Crippen LogP contribution in [0.25, 0.3) is 0 Å². The molecule has 1 aliphatic carbocycles. The molecule has 2 atom stereocenters. The lowest BCUT2D eigenvalue weighted by molar-refractivity contribution is -0.0154. The van der Waals surface area contributed by atoms with Crippen molar-refractivity contribution in [2.45, 2.75) is 45.3 Å². The van der Waals surface area contributed by atoms with Gasteiger partial charge in [-0.3, -0.25) is 0 Å². The normalized spacial score (nSPS) is 23.9. The topological polar surface area (TPSA) is 49.7 Å². The van der Waals surface area contributed by atoms with Gasteiger partial charge in [-0.15, -0.1) is 0 Å². The largest absolute Gasteiger partial charge is 0.488 e. The van der Waals surface area contributed by atoms with Crippen LogP contribution in [0.4, 0.5) is 0 Å². The van der Waals surface area contributed by atoms with Gasteiger partial charge in [0.25, 0.3) is 0 Å². The molecule has 2 rings (SSSR count). The van der Waals surface area contributed by atoms with Crippen molar-refractivity contribution in [3.63, 3.8) is 0 Å². The van der Waals surface area contributed by atoms with E-state index in [2.05, 4.69) is 6.92 Å². The number of rotatable bonds is 4. The Kier molecular flexibility index (Phi) is 4.81. The van der Waals surface area contributed by atoms with E-state index in [1.165, 1.54) is 19.3 Å².